The lowest BCUT2D eigenvalue weighted by Crippen LogP contribution is -2.35. The first-order valence-corrected chi connectivity index (χ1v) is 12.7. The van der Waals surface area contributed by atoms with Crippen molar-refractivity contribution in [2.24, 2.45) is 0 Å². The summed E-state index contributed by atoms with van der Waals surface area (Å²) in [7, 11) is -4.31. The average Bonchev–Trinajstić information content (AvgIpc) is 3.22. The van der Waals surface area contributed by atoms with Gasteiger partial charge in [-0.3, -0.25) is 0 Å². The zero-order valence-corrected chi connectivity index (χ0v) is 20.0. The predicted octanol–water partition coefficient (Wildman–Crippen LogP) is 4.63. The summed E-state index contributed by atoms with van der Waals surface area (Å²) >= 11 is 12.6. The summed E-state index contributed by atoms with van der Waals surface area (Å²) in [4.78, 5) is 4.02. The molecule has 7 nitrogen and oxygen atoms in total. The van der Waals surface area contributed by atoms with Crippen LogP contribution in [0.4, 0.5) is 11.4 Å². The van der Waals surface area contributed by atoms with Crippen molar-refractivity contribution >= 4 is 61.9 Å². The van der Waals surface area contributed by atoms with Gasteiger partial charge in [-0.15, -0.1) is 0 Å². The molecule has 32 heavy (non-hydrogen) atoms. The SMILES string of the molecule is CCN1/C(=C\c2oc3ccccc3[n+]2CC)N(CCCS(=O)(=O)[O-])c2cc(Cl)c(Cl)cc21. The third kappa shape index (κ3) is 4.32. The Morgan fingerprint density at radius 3 is 2.38 bits per heavy atom. The molecule has 0 amide bonds. The molecule has 1 aliphatic heterocycles. The second-order valence-corrected chi connectivity index (χ2v) is 9.76. The maximum atomic E-state index is 11.2. The van der Waals surface area contributed by atoms with Gasteiger partial charge in [0.2, 0.25) is 5.58 Å². The maximum absolute atomic E-state index is 11.2. The number of aryl methyl sites for hydroxylation is 1. The van der Waals surface area contributed by atoms with Gasteiger partial charge < -0.3 is 18.8 Å². The molecule has 1 aromatic heterocycles. The maximum Gasteiger partial charge on any atom is 0.377 e. The van der Waals surface area contributed by atoms with Crippen molar-refractivity contribution in [3.63, 3.8) is 0 Å². The number of nitrogens with zero attached hydrogens (tertiary/aromatic N) is 3. The summed E-state index contributed by atoms with van der Waals surface area (Å²) in [5.74, 6) is 1.01. The number of oxazole rings is 1. The number of anilines is 2. The lowest BCUT2D eigenvalue weighted by Gasteiger charge is -2.24. The van der Waals surface area contributed by atoms with E-state index in [1.165, 1.54) is 0 Å². The molecule has 1 aliphatic rings. The van der Waals surface area contributed by atoms with Crippen LogP contribution >= 0.6 is 23.2 Å². The highest BCUT2D eigenvalue weighted by molar-refractivity contribution is 7.85. The van der Waals surface area contributed by atoms with E-state index in [0.29, 0.717) is 35.6 Å². The molecule has 0 saturated carbocycles. The Morgan fingerprint density at radius 1 is 1.09 bits per heavy atom. The van der Waals surface area contributed by atoms with Crippen molar-refractivity contribution in [2.45, 2.75) is 26.8 Å². The van der Waals surface area contributed by atoms with Crippen LogP contribution in [0.3, 0.4) is 0 Å². The molecule has 0 fully saturated rings. The third-order valence-corrected chi connectivity index (χ3v) is 6.96. The molecule has 0 aliphatic carbocycles. The smallest absolute Gasteiger partial charge is 0.377 e. The summed E-state index contributed by atoms with van der Waals surface area (Å²) in [5, 5.41) is 0.830. The highest BCUT2D eigenvalue weighted by Crippen LogP contribution is 2.46. The average molecular weight is 496 g/mol. The number of halogens is 2. The van der Waals surface area contributed by atoms with Crippen molar-refractivity contribution in [3.8, 4) is 0 Å². The quantitative estimate of drug-likeness (QED) is 0.351. The number of hydrogen-bond donors (Lipinski definition) is 0. The Kier molecular flexibility index (Phi) is 6.40. The minimum absolute atomic E-state index is 0.175. The number of para-hydroxylation sites is 2. The number of rotatable bonds is 7. The first kappa shape index (κ1) is 22.9. The van der Waals surface area contributed by atoms with Gasteiger partial charge in [0.25, 0.3) is 5.52 Å². The van der Waals surface area contributed by atoms with Gasteiger partial charge in [0, 0.05) is 24.9 Å². The number of aromatic nitrogens is 1. The largest absolute Gasteiger partial charge is 0.748 e. The van der Waals surface area contributed by atoms with E-state index in [-0.39, 0.29) is 6.42 Å². The van der Waals surface area contributed by atoms with Crippen LogP contribution in [0.25, 0.3) is 17.2 Å². The van der Waals surface area contributed by atoms with Gasteiger partial charge in [-0.2, -0.15) is 4.57 Å². The fraction of sp³-hybridized carbons (Fsp3) is 0.318. The minimum Gasteiger partial charge on any atom is -0.748 e. The van der Waals surface area contributed by atoms with E-state index >= 15 is 0 Å². The van der Waals surface area contributed by atoms with E-state index in [2.05, 4.69) is 9.47 Å². The Bertz CT molecular complexity index is 1300. The molecule has 0 unspecified atom stereocenters. The standard InChI is InChI=1S/C22H23Cl2N3O4S/c1-3-25-18-12-15(23)16(24)13-19(18)27(10-7-11-32(28,29)30)21(25)14-22-26(4-2)17-8-5-6-9-20(17)31-22/h5-6,8-9,12-14H,3-4,7,10-11H2,1-2H3. The highest BCUT2D eigenvalue weighted by atomic mass is 35.5. The Hall–Kier alpha value is -2.26. The van der Waals surface area contributed by atoms with Gasteiger partial charge in [0.05, 0.1) is 37.6 Å². The van der Waals surface area contributed by atoms with Crippen LogP contribution in [0.1, 0.15) is 26.2 Å². The molecule has 4 rings (SSSR count). The van der Waals surface area contributed by atoms with E-state index in [4.69, 9.17) is 27.6 Å². The van der Waals surface area contributed by atoms with Gasteiger partial charge in [-0.1, -0.05) is 35.3 Å². The van der Waals surface area contributed by atoms with Gasteiger partial charge >= 0.3 is 5.89 Å². The third-order valence-electron chi connectivity index (χ3n) is 5.45. The summed E-state index contributed by atoms with van der Waals surface area (Å²) in [6.45, 7) is 5.72. The van der Waals surface area contributed by atoms with Crippen molar-refractivity contribution in [1.29, 1.82) is 0 Å². The van der Waals surface area contributed by atoms with Gasteiger partial charge in [-0.05, 0) is 38.5 Å². The van der Waals surface area contributed by atoms with Crippen molar-refractivity contribution in [3.05, 3.63) is 58.2 Å². The van der Waals surface area contributed by atoms with Crippen LogP contribution in [-0.4, -0.2) is 31.8 Å². The minimum atomic E-state index is -4.31. The molecule has 0 bridgehead atoms. The second kappa shape index (κ2) is 8.94. The number of benzene rings is 2. The van der Waals surface area contributed by atoms with Crippen molar-refractivity contribution < 1.29 is 22.0 Å². The Morgan fingerprint density at radius 2 is 1.75 bits per heavy atom. The first-order chi connectivity index (χ1) is 15.2. The van der Waals surface area contributed by atoms with Crippen LogP contribution in [0.5, 0.6) is 0 Å². The number of fused-ring (bicyclic) bond motifs is 2. The molecule has 2 aromatic carbocycles. The fourth-order valence-electron chi connectivity index (χ4n) is 4.07. The van der Waals surface area contributed by atoms with Crippen LogP contribution in [0, 0.1) is 0 Å². The molecule has 3 aromatic rings. The summed E-state index contributed by atoms with van der Waals surface area (Å²) < 4.78 is 41.7. The van der Waals surface area contributed by atoms with E-state index in [1.54, 1.807) is 12.1 Å². The van der Waals surface area contributed by atoms with Crippen LogP contribution in [0.15, 0.2) is 46.6 Å². The monoisotopic (exact) mass is 495 g/mol. The predicted molar refractivity (Wildman–Crippen MR) is 126 cm³/mol. The van der Waals surface area contributed by atoms with Crippen LogP contribution < -0.4 is 14.4 Å². The molecule has 2 heterocycles. The summed E-state index contributed by atoms with van der Waals surface area (Å²) in [5.41, 5.74) is 3.41. The van der Waals surface area contributed by atoms with Gasteiger partial charge in [-0.25, -0.2) is 8.42 Å². The van der Waals surface area contributed by atoms with E-state index in [9.17, 15) is 13.0 Å². The van der Waals surface area contributed by atoms with Crippen molar-refractivity contribution in [2.75, 3.05) is 28.6 Å². The zero-order chi connectivity index (χ0) is 23.0. The van der Waals surface area contributed by atoms with Gasteiger partial charge in [0.1, 0.15) is 12.4 Å². The molecule has 0 atom stereocenters. The lowest BCUT2D eigenvalue weighted by atomic mass is 10.2. The van der Waals surface area contributed by atoms with Gasteiger partial charge in [0.15, 0.2) is 0 Å². The van der Waals surface area contributed by atoms with E-state index in [0.717, 1.165) is 28.3 Å². The molecule has 170 valence electrons. The Labute approximate surface area is 197 Å². The second-order valence-electron chi connectivity index (χ2n) is 7.42. The highest BCUT2D eigenvalue weighted by Gasteiger charge is 2.33. The molecule has 0 radical (unpaired) electrons. The van der Waals surface area contributed by atoms with Crippen molar-refractivity contribution in [1.82, 2.24) is 0 Å². The first-order valence-electron chi connectivity index (χ1n) is 10.3. The number of hydrogen-bond acceptors (Lipinski definition) is 6. The molecule has 0 N–H and O–H groups in total. The lowest BCUT2D eigenvalue weighted by molar-refractivity contribution is -0.674. The molecule has 0 spiro atoms. The molecular formula is C22H23Cl2N3O4S. The fourth-order valence-corrected chi connectivity index (χ4v) is 4.87. The molecule has 0 saturated heterocycles. The molecular weight excluding hydrogens is 473 g/mol. The van der Waals surface area contributed by atoms with Crippen LogP contribution in [0.2, 0.25) is 10.0 Å². The Balaban J connectivity index is 1.84. The topological polar surface area (TPSA) is 80.7 Å². The normalized spacial score (nSPS) is 15.2. The summed E-state index contributed by atoms with van der Waals surface area (Å²) in [6.07, 6.45) is 2.11. The molecule has 10 heteroatoms. The van der Waals surface area contributed by atoms with Crippen LogP contribution in [-0.2, 0) is 16.7 Å². The summed E-state index contributed by atoms with van der Waals surface area (Å²) in [6, 6.07) is 11.4. The van der Waals surface area contributed by atoms with E-state index in [1.807, 2.05) is 49.1 Å². The van der Waals surface area contributed by atoms with E-state index < -0.39 is 15.9 Å². The zero-order valence-electron chi connectivity index (χ0n) is 17.7.